The minimum absolute atomic E-state index is 0.00611. The topological polar surface area (TPSA) is 167 Å². The first-order chi connectivity index (χ1) is 28.5. The second kappa shape index (κ2) is 18.5. The number of carbonyl (C=O) groups is 3. The fourth-order valence-electron chi connectivity index (χ4n) is 8.18. The lowest BCUT2D eigenvalue weighted by molar-refractivity contribution is -0.131. The maximum absolute atomic E-state index is 13.6. The fourth-order valence-corrected chi connectivity index (χ4v) is 8.99. The number of anilines is 5. The largest absolute Gasteiger partial charge is 0.385 e. The van der Waals surface area contributed by atoms with Gasteiger partial charge in [0.2, 0.25) is 11.9 Å². The molecule has 5 aromatic rings. The quantitative estimate of drug-likeness (QED) is 0.0694. The van der Waals surface area contributed by atoms with Crippen LogP contribution in [-0.4, -0.2) is 79.7 Å². The molecule has 1 saturated carbocycles. The average molecular weight is 819 g/mol. The predicted molar refractivity (Wildman–Crippen MR) is 235 cm³/mol. The molecule has 59 heavy (non-hydrogen) atoms. The van der Waals surface area contributed by atoms with Gasteiger partial charge in [0, 0.05) is 72.9 Å². The molecule has 1 aromatic carbocycles. The number of thiazole rings is 1. The molecule has 1 saturated heterocycles. The minimum atomic E-state index is -0.278. The number of hydrogen-bond donors (Lipinski definition) is 3. The molecule has 310 valence electrons. The highest BCUT2D eigenvalue weighted by atomic mass is 32.1. The van der Waals surface area contributed by atoms with E-state index in [4.69, 9.17) is 4.98 Å². The summed E-state index contributed by atoms with van der Waals surface area (Å²) in [6.07, 6.45) is 11.7. The summed E-state index contributed by atoms with van der Waals surface area (Å²) in [6, 6.07) is 9.62. The van der Waals surface area contributed by atoms with Crippen molar-refractivity contribution >= 4 is 68.2 Å². The SMILES string of the molecule is CC(=O)c1c(C)c2cnc(Nc3ccc(N4CCN(C(=O)CCCCCCNc5cccc(C(=O)Nc6nc(C)c(C)s6)c5C)CC4)cn3)nc2n(C2CCCC2)c1=O. The van der Waals surface area contributed by atoms with Crippen LogP contribution in [0.25, 0.3) is 11.0 Å². The molecule has 3 N–H and O–H groups in total. The molecule has 5 heterocycles. The summed E-state index contributed by atoms with van der Waals surface area (Å²) in [4.78, 5) is 75.6. The molecule has 2 amide bonds. The van der Waals surface area contributed by atoms with Crippen molar-refractivity contribution in [3.8, 4) is 0 Å². The second-order valence-electron chi connectivity index (χ2n) is 15.7. The predicted octanol–water partition coefficient (Wildman–Crippen LogP) is 7.90. The Morgan fingerprint density at radius 3 is 2.32 bits per heavy atom. The Labute approximate surface area is 348 Å². The number of benzene rings is 1. The van der Waals surface area contributed by atoms with Crippen LogP contribution in [0.5, 0.6) is 0 Å². The van der Waals surface area contributed by atoms with E-state index in [2.05, 4.69) is 35.8 Å². The first-order valence-corrected chi connectivity index (χ1v) is 21.6. The van der Waals surface area contributed by atoms with Crippen molar-refractivity contribution in [3.63, 3.8) is 0 Å². The number of amides is 2. The van der Waals surface area contributed by atoms with Crippen LogP contribution in [0.3, 0.4) is 0 Å². The van der Waals surface area contributed by atoms with Crippen LogP contribution in [0, 0.1) is 27.7 Å². The summed E-state index contributed by atoms with van der Waals surface area (Å²) in [5.41, 5.74) is 5.48. The number of nitrogens with zero attached hydrogens (tertiary/aromatic N) is 7. The Morgan fingerprint density at radius 2 is 1.63 bits per heavy atom. The maximum Gasteiger partial charge on any atom is 0.263 e. The molecule has 4 aromatic heterocycles. The molecule has 14 nitrogen and oxygen atoms in total. The molecule has 0 atom stereocenters. The summed E-state index contributed by atoms with van der Waals surface area (Å²) < 4.78 is 1.71. The van der Waals surface area contributed by atoms with Crippen molar-refractivity contribution in [2.24, 2.45) is 0 Å². The van der Waals surface area contributed by atoms with Crippen LogP contribution in [0.15, 0.2) is 47.5 Å². The normalized spacial score (nSPS) is 14.5. The molecule has 0 radical (unpaired) electrons. The molecule has 2 aliphatic rings. The van der Waals surface area contributed by atoms with E-state index >= 15 is 0 Å². The van der Waals surface area contributed by atoms with Gasteiger partial charge in [-0.3, -0.25) is 29.1 Å². The van der Waals surface area contributed by atoms with Gasteiger partial charge in [-0.1, -0.05) is 31.7 Å². The Balaban J connectivity index is 0.834. The summed E-state index contributed by atoms with van der Waals surface area (Å²) in [5.74, 6) is 0.711. The van der Waals surface area contributed by atoms with E-state index in [1.54, 1.807) is 17.7 Å². The van der Waals surface area contributed by atoms with Gasteiger partial charge in [0.1, 0.15) is 11.5 Å². The smallest absolute Gasteiger partial charge is 0.263 e. The molecule has 1 aliphatic carbocycles. The molecule has 15 heteroatoms. The van der Waals surface area contributed by atoms with E-state index in [1.165, 1.54) is 18.3 Å². The summed E-state index contributed by atoms with van der Waals surface area (Å²) >= 11 is 1.48. The third kappa shape index (κ3) is 9.46. The summed E-state index contributed by atoms with van der Waals surface area (Å²) in [7, 11) is 0. The lowest BCUT2D eigenvalue weighted by atomic mass is 10.0. The molecular weight excluding hydrogens is 765 g/mol. The molecule has 2 fully saturated rings. The van der Waals surface area contributed by atoms with E-state index in [9.17, 15) is 19.2 Å². The number of Topliss-reactive ketones (excluding diaryl/α,β-unsaturated/α-hetero) is 1. The summed E-state index contributed by atoms with van der Waals surface area (Å²) in [6.45, 7) is 12.7. The van der Waals surface area contributed by atoms with Gasteiger partial charge in [0.05, 0.1) is 23.1 Å². The number of nitrogens with one attached hydrogen (secondary N) is 3. The number of unbranched alkanes of at least 4 members (excludes halogenated alkanes) is 3. The highest BCUT2D eigenvalue weighted by molar-refractivity contribution is 7.15. The molecule has 0 unspecified atom stereocenters. The fraction of sp³-hybridized carbons (Fsp3) is 0.455. The van der Waals surface area contributed by atoms with E-state index in [1.807, 2.05) is 62.2 Å². The number of carbonyl (C=O) groups excluding carboxylic acids is 3. The van der Waals surface area contributed by atoms with Crippen molar-refractivity contribution in [2.75, 3.05) is 53.6 Å². The summed E-state index contributed by atoms with van der Waals surface area (Å²) in [5, 5.41) is 10.9. The monoisotopic (exact) mass is 818 g/mol. The molecular formula is C44H54N10O4S. The zero-order chi connectivity index (χ0) is 41.6. The van der Waals surface area contributed by atoms with Crippen molar-refractivity contribution in [2.45, 2.75) is 98.4 Å². The highest BCUT2D eigenvalue weighted by Crippen LogP contribution is 2.32. The van der Waals surface area contributed by atoms with Crippen molar-refractivity contribution < 1.29 is 14.4 Å². The number of pyridine rings is 2. The molecule has 7 rings (SSSR count). The Morgan fingerprint density at radius 1 is 0.864 bits per heavy atom. The van der Waals surface area contributed by atoms with Crippen LogP contribution < -0.4 is 26.4 Å². The van der Waals surface area contributed by atoms with Crippen LogP contribution in [0.1, 0.15) is 113 Å². The van der Waals surface area contributed by atoms with Gasteiger partial charge in [-0.25, -0.2) is 15.0 Å². The first-order valence-electron chi connectivity index (χ1n) is 20.8. The zero-order valence-electron chi connectivity index (χ0n) is 34.7. The number of aryl methyl sites for hydroxylation is 3. The molecule has 0 bridgehead atoms. The van der Waals surface area contributed by atoms with Crippen molar-refractivity contribution in [3.05, 3.63) is 85.9 Å². The van der Waals surface area contributed by atoms with Gasteiger partial charge in [-0.05, 0) is 95.7 Å². The minimum Gasteiger partial charge on any atom is -0.385 e. The van der Waals surface area contributed by atoms with E-state index in [0.29, 0.717) is 58.6 Å². The number of fused-ring (bicyclic) bond motifs is 1. The lowest BCUT2D eigenvalue weighted by Crippen LogP contribution is -2.48. The van der Waals surface area contributed by atoms with Crippen molar-refractivity contribution in [1.82, 2.24) is 29.4 Å². The highest BCUT2D eigenvalue weighted by Gasteiger charge is 2.26. The maximum atomic E-state index is 13.6. The third-order valence-corrected chi connectivity index (χ3v) is 12.7. The van der Waals surface area contributed by atoms with E-state index in [-0.39, 0.29) is 34.8 Å². The van der Waals surface area contributed by atoms with E-state index in [0.717, 1.165) is 98.5 Å². The Bertz CT molecular complexity index is 2380. The van der Waals surface area contributed by atoms with Gasteiger partial charge < -0.3 is 20.4 Å². The van der Waals surface area contributed by atoms with Crippen molar-refractivity contribution in [1.29, 1.82) is 0 Å². The van der Waals surface area contributed by atoms with Gasteiger partial charge in [0.25, 0.3) is 11.5 Å². The Hall–Kier alpha value is -5.70. The standard InChI is InChI=1S/C44H54N10O4S/c1-27-34(41(57)51-44-48-29(3)31(5)59-44)15-12-16-36(27)45-20-11-7-6-8-17-38(56)53-23-21-52(22-24-53)33-18-19-37(46-25-33)49-43-47-26-35-28(2)39(30(4)55)42(58)54(40(35)50-43)32-13-9-10-14-32/h12,15-16,18-19,25-26,32,45H,6-11,13-14,17,20-24H2,1-5H3,(H,48,51,57)(H,46,47,49,50). The Kier molecular flexibility index (Phi) is 13.0. The number of hydrogen-bond acceptors (Lipinski definition) is 12. The van der Waals surface area contributed by atoms with Gasteiger partial charge >= 0.3 is 0 Å². The lowest BCUT2D eigenvalue weighted by Gasteiger charge is -2.36. The van der Waals surface area contributed by atoms with Crippen LogP contribution in [-0.2, 0) is 4.79 Å². The van der Waals surface area contributed by atoms with E-state index < -0.39 is 0 Å². The van der Waals surface area contributed by atoms with Gasteiger partial charge in [-0.15, -0.1) is 11.3 Å². The first kappa shape index (κ1) is 41.5. The number of piperazine rings is 1. The second-order valence-corrected chi connectivity index (χ2v) is 16.9. The van der Waals surface area contributed by atoms with Crippen LogP contribution in [0.4, 0.5) is 28.3 Å². The van der Waals surface area contributed by atoms with Crippen LogP contribution >= 0.6 is 11.3 Å². The number of rotatable bonds is 15. The zero-order valence-corrected chi connectivity index (χ0v) is 35.5. The third-order valence-electron chi connectivity index (χ3n) is 11.7. The number of aromatic nitrogens is 5. The molecule has 1 aliphatic heterocycles. The van der Waals surface area contributed by atoms with Gasteiger partial charge in [0.15, 0.2) is 10.9 Å². The number of ketones is 1. The van der Waals surface area contributed by atoms with Crippen LogP contribution in [0.2, 0.25) is 0 Å². The van der Waals surface area contributed by atoms with Gasteiger partial charge in [-0.2, -0.15) is 4.98 Å². The molecule has 0 spiro atoms. The average Bonchev–Trinajstić information content (AvgIpc) is 3.87.